The Hall–Kier alpha value is -0.610. The van der Waals surface area contributed by atoms with Crippen molar-refractivity contribution >= 4 is 5.97 Å². The van der Waals surface area contributed by atoms with Gasteiger partial charge in [-0.3, -0.25) is 9.69 Å². The molecule has 0 atom stereocenters. The summed E-state index contributed by atoms with van der Waals surface area (Å²) in [7, 11) is 1.91. The van der Waals surface area contributed by atoms with Crippen LogP contribution < -0.4 is 5.73 Å². The number of nitrogens with two attached hydrogens (primary N) is 1. The second-order valence-electron chi connectivity index (χ2n) is 3.04. The maximum atomic E-state index is 11.0. The molecule has 2 N–H and O–H groups in total. The lowest BCUT2D eigenvalue weighted by atomic mass is 10.3. The zero-order valence-electron chi connectivity index (χ0n) is 8.58. The van der Waals surface area contributed by atoms with Crippen LogP contribution in [0.1, 0.15) is 19.8 Å². The Bertz CT molecular complexity index is 140. The van der Waals surface area contributed by atoms with Crippen molar-refractivity contribution in [3.05, 3.63) is 0 Å². The highest BCUT2D eigenvalue weighted by atomic mass is 16.5. The molecule has 78 valence electrons. The SMILES string of the molecule is CCOC(=O)CN(C)CCCCN. The van der Waals surface area contributed by atoms with Crippen molar-refractivity contribution in [3.8, 4) is 0 Å². The topological polar surface area (TPSA) is 55.6 Å². The molecule has 0 bridgehead atoms. The zero-order chi connectivity index (χ0) is 10.1. The molecule has 0 aromatic rings. The number of carbonyl (C=O) groups excluding carboxylic acids is 1. The highest BCUT2D eigenvalue weighted by Crippen LogP contribution is 1.91. The molecule has 0 amide bonds. The van der Waals surface area contributed by atoms with Crippen LogP contribution in [-0.4, -0.2) is 44.2 Å². The van der Waals surface area contributed by atoms with Crippen LogP contribution in [0.4, 0.5) is 0 Å². The number of hydrogen-bond donors (Lipinski definition) is 1. The van der Waals surface area contributed by atoms with E-state index < -0.39 is 0 Å². The zero-order valence-corrected chi connectivity index (χ0v) is 8.58. The normalized spacial score (nSPS) is 10.5. The second kappa shape index (κ2) is 8.01. The summed E-state index contributed by atoms with van der Waals surface area (Å²) in [6.07, 6.45) is 2.04. The largest absolute Gasteiger partial charge is 0.465 e. The molecule has 0 rings (SSSR count). The third kappa shape index (κ3) is 7.74. The predicted octanol–water partition coefficient (Wildman–Crippen LogP) is 0.220. The van der Waals surface area contributed by atoms with Crippen LogP contribution in [-0.2, 0) is 9.53 Å². The van der Waals surface area contributed by atoms with Gasteiger partial charge < -0.3 is 10.5 Å². The maximum absolute atomic E-state index is 11.0. The van der Waals surface area contributed by atoms with Crippen LogP contribution in [0.3, 0.4) is 0 Å². The molecule has 0 unspecified atom stereocenters. The van der Waals surface area contributed by atoms with E-state index in [1.807, 2.05) is 18.9 Å². The van der Waals surface area contributed by atoms with Crippen molar-refractivity contribution in [2.75, 3.05) is 33.3 Å². The molecule has 4 heteroatoms. The summed E-state index contributed by atoms with van der Waals surface area (Å²) in [6, 6.07) is 0. The van der Waals surface area contributed by atoms with Gasteiger partial charge in [0.15, 0.2) is 0 Å². The van der Waals surface area contributed by atoms with Crippen LogP contribution in [0.5, 0.6) is 0 Å². The van der Waals surface area contributed by atoms with Crippen molar-refractivity contribution in [2.45, 2.75) is 19.8 Å². The van der Waals surface area contributed by atoms with Gasteiger partial charge in [-0.1, -0.05) is 0 Å². The highest BCUT2D eigenvalue weighted by molar-refractivity contribution is 5.71. The minimum atomic E-state index is -0.155. The first-order chi connectivity index (χ1) is 6.20. The van der Waals surface area contributed by atoms with E-state index >= 15 is 0 Å². The lowest BCUT2D eigenvalue weighted by Gasteiger charge is -2.14. The molecule has 13 heavy (non-hydrogen) atoms. The van der Waals surface area contributed by atoms with Gasteiger partial charge in [-0.25, -0.2) is 0 Å². The van der Waals surface area contributed by atoms with Gasteiger partial charge in [0.1, 0.15) is 0 Å². The fraction of sp³-hybridized carbons (Fsp3) is 0.889. The molecule has 0 aliphatic carbocycles. The standard InChI is InChI=1S/C9H20N2O2/c1-3-13-9(12)8-11(2)7-5-4-6-10/h3-8,10H2,1-2H3. The van der Waals surface area contributed by atoms with E-state index in [9.17, 15) is 4.79 Å². The quantitative estimate of drug-likeness (QED) is 0.458. The molecule has 0 aliphatic rings. The summed E-state index contributed by atoms with van der Waals surface area (Å²) in [5.74, 6) is -0.155. The van der Waals surface area contributed by atoms with E-state index in [0.717, 1.165) is 19.4 Å². The van der Waals surface area contributed by atoms with Gasteiger partial charge in [0.2, 0.25) is 0 Å². The molecular formula is C9H20N2O2. The Morgan fingerprint density at radius 3 is 2.69 bits per heavy atom. The molecular weight excluding hydrogens is 168 g/mol. The van der Waals surface area contributed by atoms with Crippen molar-refractivity contribution in [1.29, 1.82) is 0 Å². The molecule has 0 saturated carbocycles. The van der Waals surface area contributed by atoms with E-state index in [1.165, 1.54) is 0 Å². The summed E-state index contributed by atoms with van der Waals surface area (Å²) in [5.41, 5.74) is 5.35. The number of esters is 1. The molecule has 0 radical (unpaired) electrons. The van der Waals surface area contributed by atoms with Gasteiger partial charge >= 0.3 is 5.97 Å². The van der Waals surface area contributed by atoms with Crippen molar-refractivity contribution in [2.24, 2.45) is 5.73 Å². The fourth-order valence-corrected chi connectivity index (χ4v) is 1.03. The molecule has 0 aromatic heterocycles. The number of ether oxygens (including phenoxy) is 1. The Morgan fingerprint density at radius 2 is 2.15 bits per heavy atom. The number of unbranched alkanes of at least 4 members (excludes halogenated alkanes) is 1. The van der Waals surface area contributed by atoms with Crippen molar-refractivity contribution in [3.63, 3.8) is 0 Å². The van der Waals surface area contributed by atoms with Crippen LogP contribution in [0.15, 0.2) is 0 Å². The molecule has 0 saturated heterocycles. The van der Waals surface area contributed by atoms with Gasteiger partial charge in [-0.15, -0.1) is 0 Å². The summed E-state index contributed by atoms with van der Waals surface area (Å²) in [4.78, 5) is 12.9. The lowest BCUT2D eigenvalue weighted by Crippen LogP contribution is -2.28. The molecule has 0 aliphatic heterocycles. The first-order valence-corrected chi connectivity index (χ1v) is 4.75. The highest BCUT2D eigenvalue weighted by Gasteiger charge is 2.05. The Kier molecular flexibility index (Phi) is 7.63. The smallest absolute Gasteiger partial charge is 0.320 e. The summed E-state index contributed by atoms with van der Waals surface area (Å²) < 4.78 is 4.81. The molecule has 0 spiro atoms. The molecule has 0 heterocycles. The molecule has 4 nitrogen and oxygen atoms in total. The van der Waals surface area contributed by atoms with Gasteiger partial charge in [-0.2, -0.15) is 0 Å². The first-order valence-electron chi connectivity index (χ1n) is 4.75. The van der Waals surface area contributed by atoms with Crippen LogP contribution in [0.2, 0.25) is 0 Å². The van der Waals surface area contributed by atoms with E-state index in [-0.39, 0.29) is 5.97 Å². The minimum absolute atomic E-state index is 0.155. The van der Waals surface area contributed by atoms with Crippen molar-refractivity contribution in [1.82, 2.24) is 4.90 Å². The number of likely N-dealkylation sites (N-methyl/N-ethyl adjacent to an activating group) is 1. The maximum Gasteiger partial charge on any atom is 0.320 e. The number of hydrogen-bond acceptors (Lipinski definition) is 4. The average Bonchev–Trinajstić information content (AvgIpc) is 2.05. The van der Waals surface area contributed by atoms with Crippen LogP contribution in [0, 0.1) is 0 Å². The molecule has 0 aromatic carbocycles. The number of carbonyl (C=O) groups is 1. The van der Waals surface area contributed by atoms with Crippen LogP contribution in [0.25, 0.3) is 0 Å². The third-order valence-electron chi connectivity index (χ3n) is 1.70. The summed E-state index contributed by atoms with van der Waals surface area (Å²) in [5, 5.41) is 0. The van der Waals surface area contributed by atoms with E-state index in [0.29, 0.717) is 19.7 Å². The average molecular weight is 188 g/mol. The Labute approximate surface area is 80.0 Å². The number of nitrogens with zero attached hydrogens (tertiary/aromatic N) is 1. The fourth-order valence-electron chi connectivity index (χ4n) is 1.03. The predicted molar refractivity (Wildman–Crippen MR) is 52.4 cm³/mol. The van der Waals surface area contributed by atoms with Gasteiger partial charge in [-0.05, 0) is 39.9 Å². The first kappa shape index (κ1) is 12.4. The van der Waals surface area contributed by atoms with Crippen molar-refractivity contribution < 1.29 is 9.53 Å². The Balaban J connectivity index is 3.38. The monoisotopic (exact) mass is 188 g/mol. The van der Waals surface area contributed by atoms with Gasteiger partial charge in [0, 0.05) is 0 Å². The summed E-state index contributed by atoms with van der Waals surface area (Å²) in [6.45, 7) is 4.25. The molecule has 0 fully saturated rings. The van der Waals surface area contributed by atoms with Gasteiger partial charge in [0.05, 0.1) is 13.2 Å². The summed E-state index contributed by atoms with van der Waals surface area (Å²) >= 11 is 0. The van der Waals surface area contributed by atoms with Crippen LogP contribution >= 0.6 is 0 Å². The third-order valence-corrected chi connectivity index (χ3v) is 1.70. The lowest BCUT2D eigenvalue weighted by molar-refractivity contribution is -0.144. The second-order valence-corrected chi connectivity index (χ2v) is 3.04. The van der Waals surface area contributed by atoms with E-state index in [4.69, 9.17) is 10.5 Å². The Morgan fingerprint density at radius 1 is 1.46 bits per heavy atom. The minimum Gasteiger partial charge on any atom is -0.465 e. The van der Waals surface area contributed by atoms with E-state index in [2.05, 4.69) is 0 Å². The van der Waals surface area contributed by atoms with E-state index in [1.54, 1.807) is 0 Å². The number of rotatable bonds is 7. The van der Waals surface area contributed by atoms with Gasteiger partial charge in [0.25, 0.3) is 0 Å².